The number of nitrogens with zero attached hydrogens (tertiary/aromatic N) is 2. The van der Waals surface area contributed by atoms with Crippen molar-refractivity contribution in [1.29, 1.82) is 0 Å². The van der Waals surface area contributed by atoms with Crippen molar-refractivity contribution in [2.75, 3.05) is 12.4 Å². The number of aryl methyl sites for hydroxylation is 2. The van der Waals surface area contributed by atoms with Gasteiger partial charge in [0.1, 0.15) is 15.8 Å². The molecule has 2 aromatic rings. The maximum absolute atomic E-state index is 12.6. The molecule has 0 spiro atoms. The predicted octanol–water partition coefficient (Wildman–Crippen LogP) is 2.55. The molecule has 0 unspecified atom stereocenters. The van der Waals surface area contributed by atoms with Gasteiger partial charge in [0.25, 0.3) is 5.91 Å². The van der Waals surface area contributed by atoms with E-state index in [9.17, 15) is 13.2 Å². The summed E-state index contributed by atoms with van der Waals surface area (Å²) in [5.74, 6) is -0.395. The van der Waals surface area contributed by atoms with Gasteiger partial charge in [-0.3, -0.25) is 9.48 Å². The smallest absolute Gasteiger partial charge is 0.260 e. The number of rotatable bonds is 7. The fourth-order valence-electron chi connectivity index (χ4n) is 2.44. The lowest BCUT2D eigenvalue weighted by molar-refractivity contribution is 0.102. The highest BCUT2D eigenvalue weighted by Gasteiger charge is 2.22. The standard InChI is InChI=1S/C16H21ClN4O4S/c1-4-5-8-21-15(17)14(10(2)20-21)16(22)19-11-6-7-12(25-3)13(9-11)26(18,23)24/h6-7,9H,4-5,8H2,1-3H3,(H,19,22)(H2,18,23,24). The van der Waals surface area contributed by atoms with E-state index in [0.717, 1.165) is 12.8 Å². The minimum atomic E-state index is -4.01. The van der Waals surface area contributed by atoms with Crippen LogP contribution >= 0.6 is 11.6 Å². The topological polar surface area (TPSA) is 116 Å². The second-order valence-electron chi connectivity index (χ2n) is 5.69. The van der Waals surface area contributed by atoms with E-state index < -0.39 is 15.9 Å². The number of benzene rings is 1. The number of unbranched alkanes of at least 4 members (excludes halogenated alkanes) is 1. The summed E-state index contributed by atoms with van der Waals surface area (Å²) in [6.07, 6.45) is 1.86. The maximum Gasteiger partial charge on any atom is 0.260 e. The van der Waals surface area contributed by atoms with Crippen LogP contribution in [-0.4, -0.2) is 31.2 Å². The minimum Gasteiger partial charge on any atom is -0.495 e. The third-order valence-corrected chi connectivity index (χ3v) is 5.06. The van der Waals surface area contributed by atoms with Crippen LogP contribution in [-0.2, 0) is 16.6 Å². The van der Waals surface area contributed by atoms with Crippen molar-refractivity contribution in [2.45, 2.75) is 38.1 Å². The lowest BCUT2D eigenvalue weighted by Gasteiger charge is -2.10. The lowest BCUT2D eigenvalue weighted by Crippen LogP contribution is -2.16. The molecule has 0 aliphatic carbocycles. The second kappa shape index (κ2) is 8.07. The van der Waals surface area contributed by atoms with Crippen molar-refractivity contribution in [3.63, 3.8) is 0 Å². The van der Waals surface area contributed by atoms with Crippen molar-refractivity contribution >= 4 is 33.2 Å². The zero-order valence-electron chi connectivity index (χ0n) is 14.7. The first-order valence-corrected chi connectivity index (χ1v) is 9.86. The molecule has 1 aromatic heterocycles. The van der Waals surface area contributed by atoms with Crippen LogP contribution in [0.3, 0.4) is 0 Å². The summed E-state index contributed by atoms with van der Waals surface area (Å²) >= 11 is 6.28. The van der Waals surface area contributed by atoms with Crippen LogP contribution in [0.4, 0.5) is 5.69 Å². The van der Waals surface area contributed by atoms with E-state index in [-0.39, 0.29) is 27.0 Å². The number of aromatic nitrogens is 2. The van der Waals surface area contributed by atoms with Crippen molar-refractivity contribution in [3.8, 4) is 5.75 Å². The molecular weight excluding hydrogens is 380 g/mol. The quantitative estimate of drug-likeness (QED) is 0.740. The highest BCUT2D eigenvalue weighted by molar-refractivity contribution is 7.89. The van der Waals surface area contributed by atoms with Gasteiger partial charge in [-0.15, -0.1) is 0 Å². The molecule has 10 heteroatoms. The molecule has 1 amide bonds. The molecule has 0 bridgehead atoms. The molecule has 0 saturated carbocycles. The van der Waals surface area contributed by atoms with Gasteiger partial charge >= 0.3 is 0 Å². The number of carbonyl (C=O) groups is 1. The lowest BCUT2D eigenvalue weighted by atomic mass is 10.2. The molecule has 2 rings (SSSR count). The Morgan fingerprint density at radius 3 is 2.69 bits per heavy atom. The van der Waals surface area contributed by atoms with E-state index in [2.05, 4.69) is 10.4 Å². The molecule has 0 saturated heterocycles. The fourth-order valence-corrected chi connectivity index (χ4v) is 3.51. The zero-order valence-corrected chi connectivity index (χ0v) is 16.3. The Morgan fingerprint density at radius 2 is 2.12 bits per heavy atom. The van der Waals surface area contributed by atoms with E-state index in [1.54, 1.807) is 11.6 Å². The number of nitrogens with one attached hydrogen (secondary N) is 1. The molecule has 1 heterocycles. The predicted molar refractivity (Wildman–Crippen MR) is 99.2 cm³/mol. The SMILES string of the molecule is CCCCn1nc(C)c(C(=O)Nc2ccc(OC)c(S(N)(=O)=O)c2)c1Cl. The van der Waals surface area contributed by atoms with Crippen LogP contribution in [0.2, 0.25) is 5.15 Å². The molecule has 8 nitrogen and oxygen atoms in total. The highest BCUT2D eigenvalue weighted by atomic mass is 35.5. The van der Waals surface area contributed by atoms with Crippen molar-refractivity contribution < 1.29 is 17.9 Å². The molecule has 26 heavy (non-hydrogen) atoms. The zero-order chi connectivity index (χ0) is 19.5. The summed E-state index contributed by atoms with van der Waals surface area (Å²) in [5, 5.41) is 12.3. The first kappa shape index (κ1) is 20.2. The Balaban J connectivity index is 2.32. The van der Waals surface area contributed by atoms with Crippen LogP contribution in [0.15, 0.2) is 23.1 Å². The maximum atomic E-state index is 12.6. The summed E-state index contributed by atoms with van der Waals surface area (Å²) in [6.45, 7) is 4.35. The van der Waals surface area contributed by atoms with Crippen molar-refractivity contribution in [1.82, 2.24) is 9.78 Å². The number of methoxy groups -OCH3 is 1. The van der Waals surface area contributed by atoms with Crippen LogP contribution in [0.5, 0.6) is 5.75 Å². The number of carbonyl (C=O) groups excluding carboxylic acids is 1. The number of halogens is 1. The largest absolute Gasteiger partial charge is 0.495 e. The van der Waals surface area contributed by atoms with Crippen LogP contribution in [0, 0.1) is 6.92 Å². The first-order valence-electron chi connectivity index (χ1n) is 7.94. The van der Waals surface area contributed by atoms with Gasteiger partial charge in [-0.25, -0.2) is 13.6 Å². The molecule has 0 radical (unpaired) electrons. The fraction of sp³-hybridized carbons (Fsp3) is 0.375. The van der Waals surface area contributed by atoms with Gasteiger partial charge in [-0.05, 0) is 31.5 Å². The van der Waals surface area contributed by atoms with Crippen LogP contribution in [0.25, 0.3) is 0 Å². The van der Waals surface area contributed by atoms with E-state index >= 15 is 0 Å². The van der Waals surface area contributed by atoms with Gasteiger partial charge < -0.3 is 10.1 Å². The van der Waals surface area contributed by atoms with Gasteiger partial charge in [0, 0.05) is 12.2 Å². The molecule has 0 aliphatic heterocycles. The number of hydrogen-bond donors (Lipinski definition) is 2. The third-order valence-electron chi connectivity index (χ3n) is 3.74. The number of sulfonamides is 1. The monoisotopic (exact) mass is 400 g/mol. The Bertz CT molecular complexity index is 925. The Morgan fingerprint density at radius 1 is 1.42 bits per heavy atom. The molecular formula is C16H21ClN4O4S. The molecule has 3 N–H and O–H groups in total. The number of anilines is 1. The second-order valence-corrected chi connectivity index (χ2v) is 7.58. The van der Waals surface area contributed by atoms with Gasteiger partial charge in [0.05, 0.1) is 18.4 Å². The van der Waals surface area contributed by atoms with E-state index in [1.807, 2.05) is 6.92 Å². The van der Waals surface area contributed by atoms with Gasteiger partial charge in [-0.2, -0.15) is 5.10 Å². The number of amides is 1. The van der Waals surface area contributed by atoms with Crippen LogP contribution in [0.1, 0.15) is 35.8 Å². The molecule has 0 atom stereocenters. The summed E-state index contributed by atoms with van der Waals surface area (Å²) in [4.78, 5) is 12.4. The van der Waals surface area contributed by atoms with Gasteiger partial charge in [-0.1, -0.05) is 24.9 Å². The number of primary sulfonamides is 1. The highest BCUT2D eigenvalue weighted by Crippen LogP contribution is 2.27. The normalized spacial score (nSPS) is 11.4. The van der Waals surface area contributed by atoms with E-state index in [4.69, 9.17) is 21.5 Å². The average Bonchev–Trinajstić information content (AvgIpc) is 2.85. The third kappa shape index (κ3) is 4.35. The van der Waals surface area contributed by atoms with E-state index in [0.29, 0.717) is 12.2 Å². The number of nitrogens with two attached hydrogens (primary N) is 1. The summed E-state index contributed by atoms with van der Waals surface area (Å²) in [7, 11) is -2.68. The molecule has 0 fully saturated rings. The van der Waals surface area contributed by atoms with Crippen molar-refractivity contribution in [3.05, 3.63) is 34.6 Å². The summed E-state index contributed by atoms with van der Waals surface area (Å²) < 4.78 is 29.9. The minimum absolute atomic E-state index is 0.0899. The van der Waals surface area contributed by atoms with Crippen LogP contribution < -0.4 is 15.2 Å². The van der Waals surface area contributed by atoms with Crippen molar-refractivity contribution in [2.24, 2.45) is 5.14 Å². The van der Waals surface area contributed by atoms with Gasteiger partial charge in [0.15, 0.2) is 0 Å². The Hall–Kier alpha value is -2.10. The van der Waals surface area contributed by atoms with Gasteiger partial charge in [0.2, 0.25) is 10.0 Å². The summed E-state index contributed by atoms with van der Waals surface area (Å²) in [5.41, 5.74) is 0.983. The summed E-state index contributed by atoms with van der Waals surface area (Å²) in [6, 6.07) is 4.15. The molecule has 1 aromatic carbocycles. The molecule has 0 aliphatic rings. The first-order chi connectivity index (χ1) is 12.2. The molecule has 142 valence electrons. The average molecular weight is 401 g/mol. The van der Waals surface area contributed by atoms with E-state index in [1.165, 1.54) is 25.3 Å². The number of ether oxygens (including phenoxy) is 1. The Kier molecular flexibility index (Phi) is 6.27. The number of hydrogen-bond acceptors (Lipinski definition) is 5. The Labute approximate surface area is 157 Å².